The van der Waals surface area contributed by atoms with Crippen molar-refractivity contribution in [2.75, 3.05) is 18.4 Å². The molecule has 2 N–H and O–H groups in total. The Bertz CT molecular complexity index is 649. The summed E-state index contributed by atoms with van der Waals surface area (Å²) in [5.41, 5.74) is 1.63. The van der Waals surface area contributed by atoms with Crippen LogP contribution in [0.4, 0.5) is 5.13 Å². The lowest BCUT2D eigenvalue weighted by Crippen LogP contribution is -2.26. The third-order valence-corrected chi connectivity index (χ3v) is 5.09. The van der Waals surface area contributed by atoms with E-state index in [1.54, 1.807) is 29.8 Å². The lowest BCUT2D eigenvalue weighted by Gasteiger charge is -2.20. The molecule has 3 heterocycles. The summed E-state index contributed by atoms with van der Waals surface area (Å²) in [5, 5.41) is 6.96. The number of anilines is 1. The van der Waals surface area contributed by atoms with Gasteiger partial charge in [0.05, 0.1) is 0 Å². The Morgan fingerprint density at radius 2 is 2.23 bits per heavy atom. The normalized spacial score (nSPS) is 15.7. The first-order valence-corrected chi connectivity index (χ1v) is 8.50. The molecule has 0 spiro atoms. The van der Waals surface area contributed by atoms with Gasteiger partial charge in [-0.15, -0.1) is 11.3 Å². The van der Waals surface area contributed by atoms with Crippen LogP contribution < -0.4 is 10.6 Å². The molecule has 1 saturated heterocycles. The molecule has 0 aliphatic carbocycles. The van der Waals surface area contributed by atoms with E-state index in [2.05, 4.69) is 20.6 Å². The molecule has 1 fully saturated rings. The molecule has 5 nitrogen and oxygen atoms in total. The van der Waals surface area contributed by atoms with Crippen LogP contribution in [0, 0.1) is 0 Å². The summed E-state index contributed by atoms with van der Waals surface area (Å²) in [5.74, 6) is 0.460. The molecule has 2 aromatic heterocycles. The van der Waals surface area contributed by atoms with Crippen LogP contribution in [0.1, 0.15) is 46.5 Å². The van der Waals surface area contributed by atoms with Crippen LogP contribution in [-0.2, 0) is 6.42 Å². The Morgan fingerprint density at radius 1 is 1.41 bits per heavy atom. The number of aromatic nitrogens is 2. The summed E-state index contributed by atoms with van der Waals surface area (Å²) in [6, 6.07) is 1.76. The fourth-order valence-corrected chi connectivity index (χ4v) is 3.71. The second kappa shape index (κ2) is 6.98. The predicted molar refractivity (Wildman–Crippen MR) is 88.5 cm³/mol. The number of nitrogens with zero attached hydrogens (tertiary/aromatic N) is 2. The van der Waals surface area contributed by atoms with Crippen molar-refractivity contribution < 1.29 is 4.79 Å². The van der Waals surface area contributed by atoms with Gasteiger partial charge in [0.25, 0.3) is 5.91 Å². The van der Waals surface area contributed by atoms with Gasteiger partial charge in [-0.3, -0.25) is 15.1 Å². The van der Waals surface area contributed by atoms with Gasteiger partial charge in [0.1, 0.15) is 0 Å². The number of nitrogens with one attached hydrogen (secondary N) is 2. The first kappa shape index (κ1) is 15.1. The van der Waals surface area contributed by atoms with E-state index in [-0.39, 0.29) is 5.91 Å². The van der Waals surface area contributed by atoms with Crippen molar-refractivity contribution in [2.45, 2.75) is 32.1 Å². The van der Waals surface area contributed by atoms with Crippen LogP contribution in [0.15, 0.2) is 24.7 Å². The average molecular weight is 316 g/mol. The molecule has 0 saturated carbocycles. The molecule has 0 aromatic carbocycles. The van der Waals surface area contributed by atoms with Gasteiger partial charge in [0, 0.05) is 29.0 Å². The van der Waals surface area contributed by atoms with Gasteiger partial charge in [-0.25, -0.2) is 4.98 Å². The number of pyridine rings is 1. The Kier molecular flexibility index (Phi) is 4.80. The molecule has 6 heteroatoms. The van der Waals surface area contributed by atoms with E-state index in [0.29, 0.717) is 16.6 Å². The van der Waals surface area contributed by atoms with Gasteiger partial charge in [-0.05, 0) is 49.9 Å². The van der Waals surface area contributed by atoms with Crippen molar-refractivity contribution in [3.05, 3.63) is 40.7 Å². The first-order valence-electron chi connectivity index (χ1n) is 7.68. The summed E-state index contributed by atoms with van der Waals surface area (Å²) in [6.45, 7) is 4.13. The number of carbonyl (C=O) groups is 1. The second-order valence-electron chi connectivity index (χ2n) is 5.43. The smallest absolute Gasteiger partial charge is 0.257 e. The van der Waals surface area contributed by atoms with Gasteiger partial charge in [0.2, 0.25) is 0 Å². The van der Waals surface area contributed by atoms with Crippen LogP contribution >= 0.6 is 11.3 Å². The van der Waals surface area contributed by atoms with E-state index in [1.807, 2.05) is 13.1 Å². The highest BCUT2D eigenvalue weighted by Gasteiger charge is 2.19. The van der Waals surface area contributed by atoms with E-state index in [1.165, 1.54) is 4.88 Å². The SMILES string of the molecule is CCc1cnccc1C(=O)Nc1ncc(C2CCNCC2)s1. The highest BCUT2D eigenvalue weighted by Crippen LogP contribution is 2.31. The quantitative estimate of drug-likeness (QED) is 0.910. The summed E-state index contributed by atoms with van der Waals surface area (Å²) in [6.07, 6.45) is 8.37. The minimum Gasteiger partial charge on any atom is -0.317 e. The van der Waals surface area contributed by atoms with Crippen LogP contribution in [0.2, 0.25) is 0 Å². The van der Waals surface area contributed by atoms with Gasteiger partial charge in [-0.1, -0.05) is 6.92 Å². The number of rotatable bonds is 4. The number of amides is 1. The van der Waals surface area contributed by atoms with Crippen LogP contribution in [0.25, 0.3) is 0 Å². The number of hydrogen-bond acceptors (Lipinski definition) is 5. The fraction of sp³-hybridized carbons (Fsp3) is 0.438. The van der Waals surface area contributed by atoms with Crippen LogP contribution in [-0.4, -0.2) is 29.0 Å². The van der Waals surface area contributed by atoms with Crippen molar-refractivity contribution >= 4 is 22.4 Å². The summed E-state index contributed by atoms with van der Waals surface area (Å²) in [4.78, 5) is 22.1. The van der Waals surface area contributed by atoms with E-state index in [4.69, 9.17) is 0 Å². The lowest BCUT2D eigenvalue weighted by molar-refractivity contribution is 0.102. The number of piperidine rings is 1. The maximum absolute atomic E-state index is 12.4. The van der Waals surface area contributed by atoms with Crippen molar-refractivity contribution in [3.8, 4) is 0 Å². The minimum absolute atomic E-state index is 0.106. The summed E-state index contributed by atoms with van der Waals surface area (Å²) < 4.78 is 0. The highest BCUT2D eigenvalue weighted by atomic mass is 32.1. The zero-order valence-corrected chi connectivity index (χ0v) is 13.4. The standard InChI is InChI=1S/C16H20N4OS/c1-2-11-9-18-8-5-13(11)15(21)20-16-19-10-14(22-16)12-3-6-17-7-4-12/h5,8-10,12,17H,2-4,6-7H2,1H3,(H,19,20,21). The molecule has 3 rings (SSSR count). The monoisotopic (exact) mass is 316 g/mol. The number of thiazole rings is 1. The third-order valence-electron chi connectivity index (χ3n) is 4.01. The molecule has 22 heavy (non-hydrogen) atoms. The maximum Gasteiger partial charge on any atom is 0.257 e. The molecule has 0 unspecified atom stereocenters. The Balaban J connectivity index is 1.70. The summed E-state index contributed by atoms with van der Waals surface area (Å²) >= 11 is 1.59. The molecule has 116 valence electrons. The molecule has 1 aliphatic rings. The molecular weight excluding hydrogens is 296 g/mol. The topological polar surface area (TPSA) is 66.9 Å². The number of hydrogen-bond donors (Lipinski definition) is 2. The first-order chi connectivity index (χ1) is 10.8. The van der Waals surface area contributed by atoms with Crippen molar-refractivity contribution in [1.82, 2.24) is 15.3 Å². The largest absolute Gasteiger partial charge is 0.317 e. The molecule has 0 bridgehead atoms. The highest BCUT2D eigenvalue weighted by molar-refractivity contribution is 7.15. The van der Waals surface area contributed by atoms with E-state index in [0.717, 1.165) is 37.9 Å². The van der Waals surface area contributed by atoms with Gasteiger partial charge in [0.15, 0.2) is 5.13 Å². The van der Waals surface area contributed by atoms with Gasteiger partial charge < -0.3 is 5.32 Å². The van der Waals surface area contributed by atoms with Crippen LogP contribution in [0.5, 0.6) is 0 Å². The maximum atomic E-state index is 12.4. The fourth-order valence-electron chi connectivity index (χ4n) is 2.73. The zero-order valence-electron chi connectivity index (χ0n) is 12.6. The van der Waals surface area contributed by atoms with Crippen LogP contribution in [0.3, 0.4) is 0 Å². The van der Waals surface area contributed by atoms with E-state index in [9.17, 15) is 4.79 Å². The molecular formula is C16H20N4OS. The van der Waals surface area contributed by atoms with Crippen molar-refractivity contribution in [1.29, 1.82) is 0 Å². The predicted octanol–water partition coefficient (Wildman–Crippen LogP) is 2.82. The molecule has 1 aliphatic heterocycles. The molecule has 0 radical (unpaired) electrons. The molecule has 2 aromatic rings. The molecule has 1 amide bonds. The zero-order chi connectivity index (χ0) is 15.4. The minimum atomic E-state index is -0.106. The van der Waals surface area contributed by atoms with Crippen molar-refractivity contribution in [2.24, 2.45) is 0 Å². The van der Waals surface area contributed by atoms with Gasteiger partial charge >= 0.3 is 0 Å². The van der Waals surface area contributed by atoms with Crippen molar-refractivity contribution in [3.63, 3.8) is 0 Å². The Labute approximate surface area is 134 Å². The number of aryl methyl sites for hydroxylation is 1. The Hall–Kier alpha value is -1.79. The lowest BCUT2D eigenvalue weighted by atomic mass is 9.97. The van der Waals surface area contributed by atoms with E-state index >= 15 is 0 Å². The van der Waals surface area contributed by atoms with Gasteiger partial charge in [-0.2, -0.15) is 0 Å². The second-order valence-corrected chi connectivity index (χ2v) is 6.49. The average Bonchev–Trinajstić information content (AvgIpc) is 3.04. The molecule has 0 atom stereocenters. The third kappa shape index (κ3) is 3.34. The summed E-state index contributed by atoms with van der Waals surface area (Å²) in [7, 11) is 0. The number of carbonyl (C=O) groups excluding carboxylic acids is 1. The Morgan fingerprint density at radius 3 is 3.00 bits per heavy atom. The van der Waals surface area contributed by atoms with E-state index < -0.39 is 0 Å².